The second-order valence-electron chi connectivity index (χ2n) is 7.52. The highest BCUT2D eigenvalue weighted by molar-refractivity contribution is 6.18. The van der Waals surface area contributed by atoms with Crippen LogP contribution in [0.25, 0.3) is 0 Å². The van der Waals surface area contributed by atoms with Gasteiger partial charge in [0.1, 0.15) is 5.60 Å². The predicted molar refractivity (Wildman–Crippen MR) is 73.2 cm³/mol. The molecule has 0 aromatic carbocycles. The maximum Gasteiger partial charge on any atom is 0.167 e. The van der Waals surface area contributed by atoms with Gasteiger partial charge < -0.3 is 9.84 Å². The minimum absolute atomic E-state index is 0.0461. The van der Waals surface area contributed by atoms with Crippen molar-refractivity contribution in [2.24, 2.45) is 17.3 Å². The van der Waals surface area contributed by atoms with Gasteiger partial charge in [0.25, 0.3) is 0 Å². The van der Waals surface area contributed by atoms with Gasteiger partial charge in [-0.05, 0) is 43.4 Å². The van der Waals surface area contributed by atoms with Crippen LogP contribution in [-0.2, 0) is 9.53 Å². The molecule has 0 radical (unpaired) electrons. The van der Waals surface area contributed by atoms with Crippen molar-refractivity contribution >= 4 is 17.4 Å². The summed E-state index contributed by atoms with van der Waals surface area (Å²) in [5, 5.41) is 10.8. The highest BCUT2D eigenvalue weighted by Crippen LogP contribution is 2.61. The number of aliphatic hydroxyl groups is 1. The minimum atomic E-state index is -0.884. The van der Waals surface area contributed by atoms with E-state index in [0.717, 1.165) is 12.8 Å². The summed E-state index contributed by atoms with van der Waals surface area (Å²) in [5.74, 6) is 0.952. The van der Waals surface area contributed by atoms with Gasteiger partial charge >= 0.3 is 0 Å². The van der Waals surface area contributed by atoms with Crippen molar-refractivity contribution in [3.05, 3.63) is 0 Å². The molecule has 1 saturated heterocycles. The summed E-state index contributed by atoms with van der Waals surface area (Å²) in [6.07, 6.45) is 2.75. The molecule has 3 nitrogen and oxygen atoms in total. The van der Waals surface area contributed by atoms with Gasteiger partial charge in [-0.3, -0.25) is 4.79 Å². The molecule has 0 aromatic rings. The second-order valence-corrected chi connectivity index (χ2v) is 7.78. The molecule has 4 heteroatoms. The number of rotatable bonds is 1. The van der Waals surface area contributed by atoms with E-state index >= 15 is 0 Å². The minimum Gasteiger partial charge on any atom is -0.388 e. The number of carbonyl (C=O) groups is 1. The quantitative estimate of drug-likeness (QED) is 0.595. The number of epoxide rings is 1. The number of hydrogen-bond donors (Lipinski definition) is 1. The molecule has 19 heavy (non-hydrogen) atoms. The second kappa shape index (κ2) is 3.96. The number of hydrogen-bond acceptors (Lipinski definition) is 3. The highest BCUT2D eigenvalue weighted by Gasteiger charge is 2.64. The third kappa shape index (κ3) is 1.89. The number of alkyl halides is 1. The van der Waals surface area contributed by atoms with Crippen LogP contribution in [0.4, 0.5) is 0 Å². The molecule has 3 rings (SSSR count). The van der Waals surface area contributed by atoms with Gasteiger partial charge in [0.2, 0.25) is 0 Å². The first kappa shape index (κ1) is 13.8. The first-order chi connectivity index (χ1) is 8.73. The molecular formula is C15H23ClO3. The molecule has 3 aliphatic rings. The van der Waals surface area contributed by atoms with E-state index in [1.165, 1.54) is 0 Å². The Morgan fingerprint density at radius 1 is 1.37 bits per heavy atom. The number of ketones is 1. The van der Waals surface area contributed by atoms with Gasteiger partial charge in [-0.25, -0.2) is 0 Å². The summed E-state index contributed by atoms with van der Waals surface area (Å²) in [5.41, 5.74) is -1.26. The molecule has 0 unspecified atom stereocenters. The lowest BCUT2D eigenvalue weighted by Gasteiger charge is -2.57. The van der Waals surface area contributed by atoms with Crippen molar-refractivity contribution in [3.63, 3.8) is 0 Å². The normalized spacial score (nSPS) is 52.1. The zero-order chi connectivity index (χ0) is 14.1. The smallest absolute Gasteiger partial charge is 0.167 e. The Balaban J connectivity index is 1.89. The first-order valence-electron chi connectivity index (χ1n) is 7.22. The topological polar surface area (TPSA) is 49.8 Å². The van der Waals surface area contributed by atoms with Crippen LogP contribution in [0.15, 0.2) is 0 Å². The Kier molecular flexibility index (Phi) is 2.88. The van der Waals surface area contributed by atoms with Gasteiger partial charge in [-0.1, -0.05) is 13.8 Å². The zero-order valence-corrected chi connectivity index (χ0v) is 12.7. The Morgan fingerprint density at radius 3 is 2.63 bits per heavy atom. The third-order valence-corrected chi connectivity index (χ3v) is 6.37. The molecule has 2 saturated carbocycles. The van der Waals surface area contributed by atoms with Gasteiger partial charge in [-0.2, -0.15) is 0 Å². The number of ether oxygens (including phenoxy) is 1. The first-order valence-corrected chi connectivity index (χ1v) is 7.76. The van der Waals surface area contributed by atoms with Crippen LogP contribution >= 0.6 is 11.6 Å². The van der Waals surface area contributed by atoms with E-state index in [0.29, 0.717) is 18.8 Å². The van der Waals surface area contributed by atoms with Crippen molar-refractivity contribution in [1.29, 1.82) is 0 Å². The summed E-state index contributed by atoms with van der Waals surface area (Å²) in [6, 6.07) is 0. The lowest BCUT2D eigenvalue weighted by atomic mass is 9.49. The van der Waals surface area contributed by atoms with Crippen LogP contribution < -0.4 is 0 Å². The Labute approximate surface area is 119 Å². The lowest BCUT2D eigenvalue weighted by Crippen LogP contribution is -2.57. The van der Waals surface area contributed by atoms with Gasteiger partial charge in [-0.15, -0.1) is 11.6 Å². The van der Waals surface area contributed by atoms with Crippen LogP contribution in [0.5, 0.6) is 0 Å². The van der Waals surface area contributed by atoms with E-state index in [1.54, 1.807) is 0 Å². The van der Waals surface area contributed by atoms with Gasteiger partial charge in [0.15, 0.2) is 5.78 Å². The standard InChI is InChI=1S/C15H23ClO3/c1-13(2)7-10-9(13)6-12-14(3,19-12)11(17)4-5-15(10,18)8-16/h9-10,12,18H,4-8H2,1-3H3/t9-,10+,12+,14-,15+/m1/s1. The average molecular weight is 287 g/mol. The zero-order valence-electron chi connectivity index (χ0n) is 11.9. The van der Waals surface area contributed by atoms with Crippen LogP contribution in [0, 0.1) is 17.3 Å². The maximum atomic E-state index is 12.2. The van der Waals surface area contributed by atoms with Gasteiger partial charge in [0.05, 0.1) is 17.6 Å². The maximum absolute atomic E-state index is 12.2. The van der Waals surface area contributed by atoms with Crippen molar-refractivity contribution in [1.82, 2.24) is 0 Å². The van der Waals surface area contributed by atoms with Crippen molar-refractivity contribution < 1.29 is 14.6 Å². The Morgan fingerprint density at radius 2 is 2.05 bits per heavy atom. The van der Waals surface area contributed by atoms with Crippen LogP contribution in [0.3, 0.4) is 0 Å². The molecule has 3 fully saturated rings. The largest absolute Gasteiger partial charge is 0.388 e. The van der Waals surface area contributed by atoms with E-state index in [9.17, 15) is 9.90 Å². The van der Waals surface area contributed by atoms with E-state index < -0.39 is 11.2 Å². The lowest BCUT2D eigenvalue weighted by molar-refractivity contribution is -0.145. The summed E-state index contributed by atoms with van der Waals surface area (Å²) in [4.78, 5) is 12.2. The number of fused-ring (bicyclic) bond motifs is 2. The van der Waals surface area contributed by atoms with Crippen LogP contribution in [-0.4, -0.2) is 34.1 Å². The van der Waals surface area contributed by atoms with E-state index in [4.69, 9.17) is 16.3 Å². The fourth-order valence-electron chi connectivity index (χ4n) is 4.23. The van der Waals surface area contributed by atoms with Crippen LogP contribution in [0.2, 0.25) is 0 Å². The highest BCUT2D eigenvalue weighted by atomic mass is 35.5. The van der Waals surface area contributed by atoms with E-state index in [1.807, 2.05) is 6.92 Å². The summed E-state index contributed by atoms with van der Waals surface area (Å²) < 4.78 is 5.68. The van der Waals surface area contributed by atoms with Crippen LogP contribution in [0.1, 0.15) is 46.5 Å². The average Bonchev–Trinajstić information content (AvgIpc) is 3.01. The number of carbonyl (C=O) groups excluding carboxylic acids is 1. The fourth-order valence-corrected chi connectivity index (χ4v) is 4.56. The predicted octanol–water partition coefficient (Wildman–Crippen LogP) is 2.53. The Hall–Kier alpha value is -0.120. The molecular weight excluding hydrogens is 264 g/mol. The van der Waals surface area contributed by atoms with Crippen molar-refractivity contribution in [2.45, 2.75) is 63.8 Å². The molecule has 1 N–H and O–H groups in total. The number of Topliss-reactive ketones (excluding diaryl/α,β-unsaturated/α-hetero) is 1. The monoisotopic (exact) mass is 286 g/mol. The molecule has 5 atom stereocenters. The third-order valence-electron chi connectivity index (χ3n) is 5.91. The van der Waals surface area contributed by atoms with Crippen molar-refractivity contribution in [2.75, 3.05) is 5.88 Å². The molecule has 1 heterocycles. The molecule has 108 valence electrons. The SMILES string of the molecule is CC1(C)C[C@H]2[C@H]1C[C@@H]1O[C@]1(C)C(=O)CC[C@]2(O)CCl. The fraction of sp³-hybridized carbons (Fsp3) is 0.933. The Bertz CT molecular complexity index is 422. The summed E-state index contributed by atoms with van der Waals surface area (Å²) >= 11 is 6.03. The van der Waals surface area contributed by atoms with Gasteiger partial charge in [0, 0.05) is 6.42 Å². The van der Waals surface area contributed by atoms with Crippen molar-refractivity contribution in [3.8, 4) is 0 Å². The van der Waals surface area contributed by atoms with E-state index in [2.05, 4.69) is 13.8 Å². The summed E-state index contributed by atoms with van der Waals surface area (Å²) in [6.45, 7) is 6.37. The number of halogens is 1. The summed E-state index contributed by atoms with van der Waals surface area (Å²) in [7, 11) is 0. The molecule has 0 amide bonds. The molecule has 1 aliphatic heterocycles. The molecule has 0 aromatic heterocycles. The molecule has 0 bridgehead atoms. The van der Waals surface area contributed by atoms with E-state index in [-0.39, 0.29) is 29.1 Å². The molecule has 2 aliphatic carbocycles. The molecule has 0 spiro atoms.